The van der Waals surface area contributed by atoms with Crippen LogP contribution in [-0.2, 0) is 0 Å². The SMILES string of the molecule is CC(O)C(N)c1cccc(F)c1N. The molecule has 3 nitrogen and oxygen atoms in total. The highest BCUT2D eigenvalue weighted by atomic mass is 19.1. The number of benzene rings is 1. The summed E-state index contributed by atoms with van der Waals surface area (Å²) in [5, 5.41) is 9.19. The lowest BCUT2D eigenvalue weighted by atomic mass is 10.0. The van der Waals surface area contributed by atoms with Crippen molar-refractivity contribution in [1.29, 1.82) is 0 Å². The number of aliphatic hydroxyl groups excluding tert-OH is 1. The zero-order valence-corrected chi connectivity index (χ0v) is 7.37. The second-order valence-electron chi connectivity index (χ2n) is 3.01. The van der Waals surface area contributed by atoms with Crippen LogP contribution in [0.2, 0.25) is 0 Å². The molecule has 0 saturated carbocycles. The highest BCUT2D eigenvalue weighted by Crippen LogP contribution is 2.23. The quantitative estimate of drug-likeness (QED) is 0.595. The minimum Gasteiger partial charge on any atom is -0.396 e. The Morgan fingerprint density at radius 2 is 2.08 bits per heavy atom. The number of rotatable bonds is 2. The van der Waals surface area contributed by atoms with Crippen molar-refractivity contribution in [1.82, 2.24) is 0 Å². The number of nitrogens with two attached hydrogens (primary N) is 2. The predicted octanol–water partition coefficient (Wildman–Crippen LogP) is 0.789. The van der Waals surface area contributed by atoms with E-state index in [9.17, 15) is 9.50 Å². The van der Waals surface area contributed by atoms with Gasteiger partial charge in [0, 0.05) is 0 Å². The van der Waals surface area contributed by atoms with Gasteiger partial charge in [-0.2, -0.15) is 0 Å². The highest BCUT2D eigenvalue weighted by molar-refractivity contribution is 5.49. The van der Waals surface area contributed by atoms with E-state index in [1.807, 2.05) is 0 Å². The number of aliphatic hydroxyl groups is 1. The average Bonchev–Trinajstić information content (AvgIpc) is 2.08. The molecule has 0 spiro atoms. The Kier molecular flexibility index (Phi) is 2.85. The van der Waals surface area contributed by atoms with Gasteiger partial charge in [-0.3, -0.25) is 0 Å². The molecule has 0 aliphatic heterocycles. The molecule has 0 radical (unpaired) electrons. The summed E-state index contributed by atoms with van der Waals surface area (Å²) in [6.45, 7) is 1.54. The van der Waals surface area contributed by atoms with Crippen molar-refractivity contribution in [2.45, 2.75) is 19.1 Å². The van der Waals surface area contributed by atoms with Crippen LogP contribution in [0.1, 0.15) is 18.5 Å². The second kappa shape index (κ2) is 3.72. The molecule has 0 saturated heterocycles. The summed E-state index contributed by atoms with van der Waals surface area (Å²) in [6.07, 6.45) is -0.746. The Morgan fingerprint density at radius 3 is 2.62 bits per heavy atom. The van der Waals surface area contributed by atoms with E-state index in [0.29, 0.717) is 5.56 Å². The summed E-state index contributed by atoms with van der Waals surface area (Å²) < 4.78 is 12.9. The van der Waals surface area contributed by atoms with E-state index >= 15 is 0 Å². The summed E-state index contributed by atoms with van der Waals surface area (Å²) in [5.74, 6) is -0.506. The maximum atomic E-state index is 12.9. The summed E-state index contributed by atoms with van der Waals surface area (Å²) in [5.41, 5.74) is 11.5. The number of hydrogen-bond acceptors (Lipinski definition) is 3. The molecule has 0 aliphatic rings. The molecule has 1 rings (SSSR count). The number of para-hydroxylation sites is 1. The molecule has 0 heterocycles. The lowest BCUT2D eigenvalue weighted by Crippen LogP contribution is -2.24. The third-order valence-corrected chi connectivity index (χ3v) is 1.97. The number of anilines is 1. The van der Waals surface area contributed by atoms with Crippen LogP contribution in [0.25, 0.3) is 0 Å². The minimum atomic E-state index is -0.746. The Bertz CT molecular complexity index is 302. The topological polar surface area (TPSA) is 72.3 Å². The normalized spacial score (nSPS) is 15.4. The summed E-state index contributed by atoms with van der Waals surface area (Å²) >= 11 is 0. The number of hydrogen-bond donors (Lipinski definition) is 3. The first-order chi connectivity index (χ1) is 6.04. The standard InChI is InChI=1S/C9H13FN2O/c1-5(13)8(11)6-3-2-4-7(10)9(6)12/h2-5,8,13H,11-12H2,1H3. The molecule has 2 unspecified atom stereocenters. The van der Waals surface area contributed by atoms with E-state index < -0.39 is 18.0 Å². The van der Waals surface area contributed by atoms with Gasteiger partial charge < -0.3 is 16.6 Å². The van der Waals surface area contributed by atoms with E-state index in [2.05, 4.69) is 0 Å². The van der Waals surface area contributed by atoms with Crippen molar-refractivity contribution in [2.24, 2.45) is 5.73 Å². The second-order valence-corrected chi connectivity index (χ2v) is 3.01. The lowest BCUT2D eigenvalue weighted by Gasteiger charge is -2.17. The van der Waals surface area contributed by atoms with Crippen LogP contribution >= 0.6 is 0 Å². The first-order valence-corrected chi connectivity index (χ1v) is 4.01. The lowest BCUT2D eigenvalue weighted by molar-refractivity contribution is 0.164. The third kappa shape index (κ3) is 1.96. The van der Waals surface area contributed by atoms with Gasteiger partial charge in [0.1, 0.15) is 5.82 Å². The Hall–Kier alpha value is -1.13. The molecule has 72 valence electrons. The van der Waals surface area contributed by atoms with Crippen molar-refractivity contribution in [3.8, 4) is 0 Å². The number of halogens is 1. The van der Waals surface area contributed by atoms with Crippen molar-refractivity contribution in [3.63, 3.8) is 0 Å². The fraction of sp³-hybridized carbons (Fsp3) is 0.333. The van der Waals surface area contributed by atoms with Gasteiger partial charge in [-0.1, -0.05) is 12.1 Å². The van der Waals surface area contributed by atoms with Crippen LogP contribution in [0.5, 0.6) is 0 Å². The largest absolute Gasteiger partial charge is 0.396 e. The molecule has 5 N–H and O–H groups in total. The van der Waals surface area contributed by atoms with Crippen LogP contribution < -0.4 is 11.5 Å². The van der Waals surface area contributed by atoms with Gasteiger partial charge in [-0.15, -0.1) is 0 Å². The first-order valence-electron chi connectivity index (χ1n) is 4.01. The maximum absolute atomic E-state index is 12.9. The molecule has 1 aromatic carbocycles. The Balaban J connectivity index is 3.07. The van der Waals surface area contributed by atoms with E-state index in [4.69, 9.17) is 11.5 Å². The highest BCUT2D eigenvalue weighted by Gasteiger charge is 2.16. The Morgan fingerprint density at radius 1 is 1.46 bits per heavy atom. The van der Waals surface area contributed by atoms with Gasteiger partial charge in [-0.05, 0) is 18.6 Å². The van der Waals surface area contributed by atoms with Crippen LogP contribution in [0.4, 0.5) is 10.1 Å². The molecule has 2 atom stereocenters. The van der Waals surface area contributed by atoms with E-state index in [1.165, 1.54) is 19.1 Å². The van der Waals surface area contributed by atoms with Crippen LogP contribution in [0.3, 0.4) is 0 Å². The van der Waals surface area contributed by atoms with E-state index in [1.54, 1.807) is 6.07 Å². The summed E-state index contributed by atoms with van der Waals surface area (Å²) in [6, 6.07) is 3.74. The predicted molar refractivity (Wildman–Crippen MR) is 49.4 cm³/mol. The smallest absolute Gasteiger partial charge is 0.146 e. The number of nitrogen functional groups attached to an aromatic ring is 1. The molecule has 0 bridgehead atoms. The van der Waals surface area contributed by atoms with Crippen LogP contribution in [0.15, 0.2) is 18.2 Å². The van der Waals surface area contributed by atoms with Crippen molar-refractivity contribution < 1.29 is 9.50 Å². The molecule has 0 aliphatic carbocycles. The fourth-order valence-corrected chi connectivity index (χ4v) is 1.10. The van der Waals surface area contributed by atoms with Gasteiger partial charge in [0.25, 0.3) is 0 Å². The Labute approximate surface area is 76.2 Å². The molecular weight excluding hydrogens is 171 g/mol. The monoisotopic (exact) mass is 184 g/mol. The zero-order valence-electron chi connectivity index (χ0n) is 7.37. The zero-order chi connectivity index (χ0) is 10.0. The van der Waals surface area contributed by atoms with Crippen LogP contribution in [0, 0.1) is 5.82 Å². The van der Waals surface area contributed by atoms with E-state index in [0.717, 1.165) is 0 Å². The maximum Gasteiger partial charge on any atom is 0.146 e. The molecule has 13 heavy (non-hydrogen) atoms. The molecule has 4 heteroatoms. The molecule has 0 aromatic heterocycles. The van der Waals surface area contributed by atoms with Gasteiger partial charge in [0.05, 0.1) is 17.8 Å². The van der Waals surface area contributed by atoms with E-state index in [-0.39, 0.29) is 5.69 Å². The van der Waals surface area contributed by atoms with Crippen molar-refractivity contribution in [2.75, 3.05) is 5.73 Å². The van der Waals surface area contributed by atoms with Crippen molar-refractivity contribution in [3.05, 3.63) is 29.6 Å². The van der Waals surface area contributed by atoms with Gasteiger partial charge in [0.2, 0.25) is 0 Å². The molecule has 0 fully saturated rings. The van der Waals surface area contributed by atoms with Crippen LogP contribution in [-0.4, -0.2) is 11.2 Å². The molecule has 1 aromatic rings. The fourth-order valence-electron chi connectivity index (χ4n) is 1.10. The van der Waals surface area contributed by atoms with Gasteiger partial charge in [-0.25, -0.2) is 4.39 Å². The molecular formula is C9H13FN2O. The minimum absolute atomic E-state index is 0.0101. The first kappa shape index (κ1) is 9.95. The average molecular weight is 184 g/mol. The molecule has 0 amide bonds. The van der Waals surface area contributed by atoms with Crippen molar-refractivity contribution >= 4 is 5.69 Å². The third-order valence-electron chi connectivity index (χ3n) is 1.97. The summed E-state index contributed by atoms with van der Waals surface area (Å²) in [4.78, 5) is 0. The summed E-state index contributed by atoms with van der Waals surface area (Å²) in [7, 11) is 0. The van der Waals surface area contributed by atoms with Gasteiger partial charge >= 0.3 is 0 Å². The van der Waals surface area contributed by atoms with Gasteiger partial charge in [0.15, 0.2) is 0 Å².